The highest BCUT2D eigenvalue weighted by atomic mass is 79.9. The van der Waals surface area contributed by atoms with Gasteiger partial charge in [0.05, 0.1) is 18.4 Å². The maximum atomic E-state index is 11.8. The first-order chi connectivity index (χ1) is 8.70. The van der Waals surface area contributed by atoms with Crippen molar-refractivity contribution in [3.8, 4) is 0 Å². The third-order valence-corrected chi connectivity index (χ3v) is 4.31. The lowest BCUT2D eigenvalue weighted by atomic mass is 10.3. The first-order valence-corrected chi connectivity index (χ1v) is 7.02. The second-order valence-electron chi connectivity index (χ2n) is 3.56. The summed E-state index contributed by atoms with van der Waals surface area (Å²) in [6.07, 6.45) is 1.63. The largest absolute Gasteiger partial charge is 0.387 e. The van der Waals surface area contributed by atoms with Crippen molar-refractivity contribution in [2.75, 3.05) is 12.4 Å². The Morgan fingerprint density at radius 2 is 2.28 bits per heavy atom. The molecule has 18 heavy (non-hydrogen) atoms. The van der Waals surface area contributed by atoms with Crippen LogP contribution in [0.15, 0.2) is 34.2 Å². The normalized spacial score (nSPS) is 10.1. The summed E-state index contributed by atoms with van der Waals surface area (Å²) in [7, 11) is 1.81. The summed E-state index contributed by atoms with van der Waals surface area (Å²) < 4.78 is 1.02. The average molecular weight is 326 g/mol. The fourth-order valence-corrected chi connectivity index (χ4v) is 2.81. The number of halogens is 1. The van der Waals surface area contributed by atoms with Gasteiger partial charge in [0.2, 0.25) is 0 Å². The number of pyridine rings is 1. The summed E-state index contributed by atoms with van der Waals surface area (Å²) >= 11 is 5.03. The number of anilines is 1. The molecule has 0 fully saturated rings. The van der Waals surface area contributed by atoms with E-state index < -0.39 is 0 Å². The summed E-state index contributed by atoms with van der Waals surface area (Å²) in [6, 6.07) is 5.49. The minimum absolute atomic E-state index is 0.169. The number of hydrogen-bond acceptors (Lipinski definition) is 4. The second kappa shape index (κ2) is 5.97. The van der Waals surface area contributed by atoms with E-state index in [1.807, 2.05) is 24.6 Å². The molecule has 0 aliphatic carbocycles. The topological polar surface area (TPSA) is 54.0 Å². The molecule has 1 amide bonds. The van der Waals surface area contributed by atoms with Gasteiger partial charge >= 0.3 is 0 Å². The number of amides is 1. The average Bonchev–Trinajstić information content (AvgIpc) is 2.81. The van der Waals surface area contributed by atoms with Crippen molar-refractivity contribution < 1.29 is 4.79 Å². The SMILES string of the molecule is CNc1ccc(C(=O)NCc2sccc2Br)nc1. The van der Waals surface area contributed by atoms with Gasteiger partial charge in [-0.15, -0.1) is 11.3 Å². The van der Waals surface area contributed by atoms with Crippen LogP contribution in [0.5, 0.6) is 0 Å². The lowest BCUT2D eigenvalue weighted by Gasteiger charge is -2.04. The summed E-state index contributed by atoms with van der Waals surface area (Å²) in [6.45, 7) is 0.506. The van der Waals surface area contributed by atoms with Crippen LogP contribution in [0.2, 0.25) is 0 Å². The van der Waals surface area contributed by atoms with E-state index in [9.17, 15) is 4.79 Å². The molecule has 4 nitrogen and oxygen atoms in total. The molecule has 0 aliphatic heterocycles. The Morgan fingerprint density at radius 1 is 1.44 bits per heavy atom. The molecule has 0 unspecified atom stereocenters. The van der Waals surface area contributed by atoms with Gasteiger partial charge < -0.3 is 10.6 Å². The van der Waals surface area contributed by atoms with Gasteiger partial charge in [0, 0.05) is 16.4 Å². The van der Waals surface area contributed by atoms with Crippen LogP contribution in [0.25, 0.3) is 0 Å². The van der Waals surface area contributed by atoms with E-state index >= 15 is 0 Å². The van der Waals surface area contributed by atoms with E-state index in [0.717, 1.165) is 15.0 Å². The van der Waals surface area contributed by atoms with Crippen LogP contribution in [0, 0.1) is 0 Å². The minimum atomic E-state index is -0.169. The van der Waals surface area contributed by atoms with Crippen LogP contribution in [0.4, 0.5) is 5.69 Å². The van der Waals surface area contributed by atoms with Gasteiger partial charge in [0.25, 0.3) is 5.91 Å². The standard InChI is InChI=1S/C12H12BrN3OS/c1-14-8-2-3-10(15-6-8)12(17)16-7-11-9(13)4-5-18-11/h2-6,14H,7H2,1H3,(H,16,17). The lowest BCUT2D eigenvalue weighted by molar-refractivity contribution is 0.0946. The van der Waals surface area contributed by atoms with Crippen molar-refractivity contribution >= 4 is 38.9 Å². The molecule has 0 saturated heterocycles. The van der Waals surface area contributed by atoms with E-state index in [-0.39, 0.29) is 5.91 Å². The molecule has 2 N–H and O–H groups in total. The van der Waals surface area contributed by atoms with E-state index in [2.05, 4.69) is 31.5 Å². The molecular formula is C12H12BrN3OS. The molecule has 0 aliphatic rings. The fraction of sp³-hybridized carbons (Fsp3) is 0.167. The van der Waals surface area contributed by atoms with Crippen LogP contribution < -0.4 is 10.6 Å². The highest BCUT2D eigenvalue weighted by Gasteiger charge is 2.08. The lowest BCUT2D eigenvalue weighted by Crippen LogP contribution is -2.23. The number of aromatic nitrogens is 1. The molecule has 2 heterocycles. The fourth-order valence-electron chi connectivity index (χ4n) is 1.38. The first-order valence-electron chi connectivity index (χ1n) is 5.34. The van der Waals surface area contributed by atoms with Gasteiger partial charge in [-0.2, -0.15) is 0 Å². The second-order valence-corrected chi connectivity index (χ2v) is 5.41. The first kappa shape index (κ1) is 13.0. The molecule has 2 aromatic rings. The Bertz CT molecular complexity index is 539. The van der Waals surface area contributed by atoms with Gasteiger partial charge in [-0.3, -0.25) is 4.79 Å². The molecule has 0 spiro atoms. The highest BCUT2D eigenvalue weighted by Crippen LogP contribution is 2.22. The molecule has 0 aromatic carbocycles. The molecule has 0 saturated carbocycles. The maximum Gasteiger partial charge on any atom is 0.270 e. The third-order valence-electron chi connectivity index (χ3n) is 2.39. The van der Waals surface area contributed by atoms with Crippen LogP contribution in [0.3, 0.4) is 0 Å². The van der Waals surface area contributed by atoms with Crippen LogP contribution in [-0.2, 0) is 6.54 Å². The molecule has 0 atom stereocenters. The minimum Gasteiger partial charge on any atom is -0.387 e. The number of thiophene rings is 1. The molecule has 0 radical (unpaired) electrons. The molecule has 0 bridgehead atoms. The van der Waals surface area contributed by atoms with E-state index in [0.29, 0.717) is 12.2 Å². The molecular weight excluding hydrogens is 314 g/mol. The summed E-state index contributed by atoms with van der Waals surface area (Å²) in [5.41, 5.74) is 1.30. The predicted molar refractivity (Wildman–Crippen MR) is 77.0 cm³/mol. The zero-order valence-corrected chi connectivity index (χ0v) is 12.1. The number of carbonyl (C=O) groups excluding carboxylic acids is 1. The van der Waals surface area contributed by atoms with E-state index in [1.165, 1.54) is 0 Å². The number of nitrogens with zero attached hydrogens (tertiary/aromatic N) is 1. The van der Waals surface area contributed by atoms with Gasteiger partial charge in [0.15, 0.2) is 0 Å². The van der Waals surface area contributed by atoms with Crippen molar-refractivity contribution in [3.63, 3.8) is 0 Å². The van der Waals surface area contributed by atoms with E-state index in [1.54, 1.807) is 23.6 Å². The quantitative estimate of drug-likeness (QED) is 0.908. The Labute approximate surface area is 118 Å². The summed E-state index contributed by atoms with van der Waals surface area (Å²) in [5, 5.41) is 7.77. The van der Waals surface area contributed by atoms with Gasteiger partial charge in [0.1, 0.15) is 5.69 Å². The third kappa shape index (κ3) is 3.08. The zero-order valence-electron chi connectivity index (χ0n) is 9.74. The number of nitrogens with one attached hydrogen (secondary N) is 2. The van der Waals surface area contributed by atoms with Crippen molar-refractivity contribution in [3.05, 3.63) is 44.8 Å². The summed E-state index contributed by atoms with van der Waals surface area (Å²) in [4.78, 5) is 17.0. The molecule has 6 heteroatoms. The predicted octanol–water partition coefficient (Wildman–Crippen LogP) is 2.88. The molecule has 2 aromatic heterocycles. The van der Waals surface area contributed by atoms with Crippen molar-refractivity contribution in [1.29, 1.82) is 0 Å². The number of carbonyl (C=O) groups is 1. The number of hydrogen-bond donors (Lipinski definition) is 2. The summed E-state index contributed by atoms with van der Waals surface area (Å²) in [5.74, 6) is -0.169. The Balaban J connectivity index is 1.97. The Morgan fingerprint density at radius 3 is 2.83 bits per heavy atom. The van der Waals surface area contributed by atoms with Crippen molar-refractivity contribution in [2.24, 2.45) is 0 Å². The zero-order chi connectivity index (χ0) is 13.0. The van der Waals surface area contributed by atoms with Crippen LogP contribution in [0.1, 0.15) is 15.4 Å². The van der Waals surface area contributed by atoms with E-state index in [4.69, 9.17) is 0 Å². The van der Waals surface area contributed by atoms with Crippen LogP contribution >= 0.6 is 27.3 Å². The van der Waals surface area contributed by atoms with Gasteiger partial charge in [-0.1, -0.05) is 0 Å². The smallest absolute Gasteiger partial charge is 0.270 e. The Hall–Kier alpha value is -1.40. The highest BCUT2D eigenvalue weighted by molar-refractivity contribution is 9.10. The number of rotatable bonds is 4. The molecule has 2 rings (SSSR count). The monoisotopic (exact) mass is 325 g/mol. The van der Waals surface area contributed by atoms with Crippen LogP contribution in [-0.4, -0.2) is 17.9 Å². The van der Waals surface area contributed by atoms with Crippen molar-refractivity contribution in [2.45, 2.75) is 6.54 Å². The van der Waals surface area contributed by atoms with Crippen molar-refractivity contribution in [1.82, 2.24) is 10.3 Å². The Kier molecular flexibility index (Phi) is 4.33. The molecule has 94 valence electrons. The maximum absolute atomic E-state index is 11.8. The van der Waals surface area contributed by atoms with Gasteiger partial charge in [-0.05, 0) is 39.5 Å². The van der Waals surface area contributed by atoms with Gasteiger partial charge in [-0.25, -0.2) is 4.98 Å².